The van der Waals surface area contributed by atoms with Gasteiger partial charge in [-0.15, -0.1) is 0 Å². The molecule has 8 nitrogen and oxygen atoms in total. The zero-order chi connectivity index (χ0) is 24.0. The first-order valence-electron chi connectivity index (χ1n) is 9.59. The Morgan fingerprint density at radius 1 is 0.758 bits per heavy atom. The predicted octanol–water partition coefficient (Wildman–Crippen LogP) is 3.90. The van der Waals surface area contributed by atoms with Crippen molar-refractivity contribution in [3.63, 3.8) is 0 Å². The number of fused-ring (bicyclic) bond motifs is 1. The summed E-state index contributed by atoms with van der Waals surface area (Å²) in [5, 5.41) is -0.326. The van der Waals surface area contributed by atoms with E-state index in [0.29, 0.717) is 28.3 Å². The number of anilines is 1. The molecule has 0 radical (unpaired) electrons. The van der Waals surface area contributed by atoms with Crippen molar-refractivity contribution in [1.29, 1.82) is 0 Å². The molecule has 3 aromatic carbocycles. The molecule has 1 heterocycles. The number of hydrogen-bond donors (Lipinski definition) is 1. The van der Waals surface area contributed by atoms with Crippen LogP contribution in [0.4, 0.5) is 10.2 Å². The first kappa shape index (κ1) is 23.7. The van der Waals surface area contributed by atoms with Crippen LogP contribution in [-0.2, 0) is 9.84 Å². The molecule has 0 aliphatic heterocycles. The highest BCUT2D eigenvalue weighted by atomic mass is 32.2. The molecule has 0 spiro atoms. The summed E-state index contributed by atoms with van der Waals surface area (Å²) in [6.45, 7) is 0. The summed E-state index contributed by atoms with van der Waals surface area (Å²) in [7, 11) is 0.830. The van der Waals surface area contributed by atoms with Crippen molar-refractivity contribution in [3.05, 3.63) is 72.5 Å². The second kappa shape index (κ2) is 10.1. The Morgan fingerprint density at radius 3 is 1.82 bits per heavy atom. The van der Waals surface area contributed by atoms with Gasteiger partial charge in [-0.05, 0) is 48.5 Å². The van der Waals surface area contributed by atoms with E-state index in [1.165, 1.54) is 12.1 Å². The summed E-state index contributed by atoms with van der Waals surface area (Å²) in [5.41, 5.74) is 6.64. The lowest BCUT2D eigenvalue weighted by molar-refractivity contribution is 0.324. The van der Waals surface area contributed by atoms with Crippen LogP contribution in [-0.4, -0.2) is 39.7 Å². The molecule has 33 heavy (non-hydrogen) atoms. The Hall–Kier alpha value is -3.92. The number of para-hydroxylation sites is 3. The number of rotatable bonds is 5. The first-order valence-corrected chi connectivity index (χ1v) is 11.1. The quantitative estimate of drug-likeness (QED) is 0.436. The highest BCUT2D eigenvalue weighted by Gasteiger charge is 2.24. The van der Waals surface area contributed by atoms with E-state index in [-0.39, 0.29) is 15.7 Å². The summed E-state index contributed by atoms with van der Waals surface area (Å²) in [6.07, 6.45) is 0. The van der Waals surface area contributed by atoms with Gasteiger partial charge in [-0.2, -0.15) is 0 Å². The third-order valence-electron chi connectivity index (χ3n) is 4.53. The van der Waals surface area contributed by atoms with Gasteiger partial charge in [-0.1, -0.05) is 18.2 Å². The van der Waals surface area contributed by atoms with Gasteiger partial charge in [0.2, 0.25) is 20.6 Å². The number of nitrogens with two attached hydrogens (primary N) is 1. The molecule has 0 unspecified atom stereocenters. The predicted molar refractivity (Wildman–Crippen MR) is 122 cm³/mol. The van der Waals surface area contributed by atoms with E-state index in [0.717, 1.165) is 12.1 Å². The topological polar surface area (TPSA) is 114 Å². The minimum atomic E-state index is -3.94. The highest BCUT2D eigenvalue weighted by molar-refractivity contribution is 7.91. The van der Waals surface area contributed by atoms with Crippen LogP contribution in [0.3, 0.4) is 0 Å². The van der Waals surface area contributed by atoms with E-state index in [4.69, 9.17) is 19.9 Å². The normalized spacial score (nSPS) is 10.8. The maximum Gasteiger partial charge on any atom is 0.227 e. The van der Waals surface area contributed by atoms with Gasteiger partial charge < -0.3 is 19.9 Å². The van der Waals surface area contributed by atoms with Gasteiger partial charge in [-0.25, -0.2) is 22.8 Å². The zero-order valence-corrected chi connectivity index (χ0v) is 19.0. The fourth-order valence-electron chi connectivity index (χ4n) is 2.94. The Labute approximate surface area is 190 Å². The van der Waals surface area contributed by atoms with Crippen molar-refractivity contribution < 1.29 is 27.0 Å². The number of hydrogen-bond acceptors (Lipinski definition) is 8. The third kappa shape index (κ3) is 5.12. The van der Waals surface area contributed by atoms with Gasteiger partial charge in [0.1, 0.15) is 5.82 Å². The number of methoxy groups -OCH3 is 3. The molecule has 0 fully saturated rings. The highest BCUT2D eigenvalue weighted by Crippen LogP contribution is 2.36. The van der Waals surface area contributed by atoms with Crippen molar-refractivity contribution in [1.82, 2.24) is 9.97 Å². The average molecular weight is 472 g/mol. The van der Waals surface area contributed by atoms with E-state index in [1.807, 2.05) is 18.2 Å². The molecule has 0 saturated heterocycles. The molecule has 10 heteroatoms. The number of aromatic nitrogens is 2. The lowest BCUT2D eigenvalue weighted by Crippen LogP contribution is -2.10. The standard InChI is InChI=1S/C14H10FN3O2S.C9H12O3/c15-9-5-7-10(8-6-9)21(19,20)14-13(16)17-11-3-1-2-4-12(11)18-14;1-10-7-5-4-6-8(11-2)9(7)12-3/h1-8H,(H2,16,17);4-6H,1-3H3. The van der Waals surface area contributed by atoms with Crippen LogP contribution in [0.25, 0.3) is 11.0 Å². The lowest BCUT2D eigenvalue weighted by atomic mass is 10.3. The molecule has 0 aliphatic rings. The molecule has 0 saturated carbocycles. The van der Waals surface area contributed by atoms with Crippen LogP contribution in [0, 0.1) is 5.82 Å². The number of nitrogen functional groups attached to an aromatic ring is 1. The van der Waals surface area contributed by atoms with Crippen LogP contribution >= 0.6 is 0 Å². The second-order valence-electron chi connectivity index (χ2n) is 6.56. The van der Waals surface area contributed by atoms with Crippen molar-refractivity contribution in [2.45, 2.75) is 9.92 Å². The number of nitrogens with zero attached hydrogens (tertiary/aromatic N) is 2. The Kier molecular flexibility index (Phi) is 7.29. The first-order chi connectivity index (χ1) is 15.8. The minimum Gasteiger partial charge on any atom is -0.493 e. The van der Waals surface area contributed by atoms with Crippen LogP contribution in [0.2, 0.25) is 0 Å². The largest absolute Gasteiger partial charge is 0.493 e. The van der Waals surface area contributed by atoms with Crippen molar-refractivity contribution >= 4 is 26.7 Å². The fourth-order valence-corrected chi connectivity index (χ4v) is 4.20. The smallest absolute Gasteiger partial charge is 0.227 e. The number of ether oxygens (including phenoxy) is 3. The van der Waals surface area contributed by atoms with Gasteiger partial charge in [0.05, 0.1) is 37.3 Å². The van der Waals surface area contributed by atoms with Gasteiger partial charge in [0, 0.05) is 0 Å². The Morgan fingerprint density at radius 2 is 1.30 bits per heavy atom. The summed E-state index contributed by atoms with van der Waals surface area (Å²) in [5.74, 6) is 1.28. The number of halogens is 1. The lowest BCUT2D eigenvalue weighted by Gasteiger charge is -2.10. The second-order valence-corrected chi connectivity index (χ2v) is 8.42. The average Bonchev–Trinajstić information content (AvgIpc) is 2.83. The van der Waals surface area contributed by atoms with E-state index in [1.54, 1.807) is 45.6 Å². The Balaban J connectivity index is 0.000000218. The molecule has 2 N–H and O–H groups in total. The number of benzene rings is 3. The summed E-state index contributed by atoms with van der Waals surface area (Å²) in [6, 6.07) is 16.8. The van der Waals surface area contributed by atoms with Crippen LogP contribution < -0.4 is 19.9 Å². The molecular weight excluding hydrogens is 449 g/mol. The van der Waals surface area contributed by atoms with Crippen LogP contribution in [0.5, 0.6) is 17.2 Å². The van der Waals surface area contributed by atoms with Crippen molar-refractivity contribution in [2.24, 2.45) is 0 Å². The third-order valence-corrected chi connectivity index (χ3v) is 6.23. The molecule has 4 aromatic rings. The molecular formula is C23H22FN3O5S. The van der Waals surface area contributed by atoms with Gasteiger partial charge >= 0.3 is 0 Å². The molecule has 0 aliphatic carbocycles. The Bertz CT molecular complexity index is 1340. The SMILES string of the molecule is COc1cccc(OC)c1OC.Nc1nc2ccccc2nc1S(=O)(=O)c1ccc(F)cc1. The van der Waals surface area contributed by atoms with Crippen LogP contribution in [0.1, 0.15) is 0 Å². The van der Waals surface area contributed by atoms with Crippen LogP contribution in [0.15, 0.2) is 76.7 Å². The summed E-state index contributed by atoms with van der Waals surface area (Å²) in [4.78, 5) is 8.04. The van der Waals surface area contributed by atoms with Gasteiger partial charge in [0.15, 0.2) is 17.3 Å². The summed E-state index contributed by atoms with van der Waals surface area (Å²) < 4.78 is 53.2. The van der Waals surface area contributed by atoms with Crippen molar-refractivity contribution in [3.8, 4) is 17.2 Å². The molecule has 0 atom stereocenters. The molecule has 1 aromatic heterocycles. The monoisotopic (exact) mass is 471 g/mol. The summed E-state index contributed by atoms with van der Waals surface area (Å²) >= 11 is 0. The molecule has 0 amide bonds. The van der Waals surface area contributed by atoms with E-state index >= 15 is 0 Å². The van der Waals surface area contributed by atoms with Gasteiger partial charge in [0.25, 0.3) is 0 Å². The van der Waals surface area contributed by atoms with Gasteiger partial charge in [-0.3, -0.25) is 0 Å². The molecule has 172 valence electrons. The maximum atomic E-state index is 12.9. The minimum absolute atomic E-state index is 0.0832. The molecule has 0 bridgehead atoms. The zero-order valence-electron chi connectivity index (χ0n) is 18.2. The van der Waals surface area contributed by atoms with E-state index in [2.05, 4.69) is 9.97 Å². The fraction of sp³-hybridized carbons (Fsp3) is 0.130. The van der Waals surface area contributed by atoms with E-state index in [9.17, 15) is 12.8 Å². The number of sulfone groups is 1. The van der Waals surface area contributed by atoms with Crippen molar-refractivity contribution in [2.75, 3.05) is 27.1 Å². The van der Waals surface area contributed by atoms with E-state index < -0.39 is 15.7 Å². The molecule has 4 rings (SSSR count). The maximum absolute atomic E-state index is 12.9.